The number of alkyl halides is 3. The Labute approximate surface area is 65.0 Å². The maximum absolute atomic E-state index is 11.8. The predicted molar refractivity (Wildman–Crippen MR) is 38.4 cm³/mol. The first-order valence-corrected chi connectivity index (χ1v) is 3.71. The molecule has 0 aromatic carbocycles. The first-order chi connectivity index (χ1) is 4.99. The predicted octanol–water partition coefficient (Wildman–Crippen LogP) is 2.18. The highest BCUT2D eigenvalue weighted by molar-refractivity contribution is 4.63. The van der Waals surface area contributed by atoms with E-state index in [0.29, 0.717) is 13.0 Å². The summed E-state index contributed by atoms with van der Waals surface area (Å²) in [6.07, 6.45) is -4.12. The quantitative estimate of drug-likeness (QED) is 0.680. The van der Waals surface area contributed by atoms with Crippen LogP contribution in [0, 0.1) is 5.92 Å². The van der Waals surface area contributed by atoms with E-state index in [1.807, 2.05) is 0 Å². The lowest BCUT2D eigenvalue weighted by Gasteiger charge is -2.15. The number of rotatable bonds is 4. The van der Waals surface area contributed by atoms with Gasteiger partial charge in [-0.1, -0.05) is 13.3 Å². The van der Waals surface area contributed by atoms with E-state index in [2.05, 4.69) is 5.32 Å². The van der Waals surface area contributed by atoms with Crippen LogP contribution in [0.1, 0.15) is 19.8 Å². The van der Waals surface area contributed by atoms with Gasteiger partial charge in [-0.15, -0.1) is 0 Å². The second-order valence-corrected chi connectivity index (χ2v) is 2.65. The smallest absolute Gasteiger partial charge is 0.319 e. The Morgan fingerprint density at radius 2 is 1.91 bits per heavy atom. The van der Waals surface area contributed by atoms with E-state index < -0.39 is 12.6 Å². The number of nitrogens with one attached hydrogen (secondary N) is 1. The maximum atomic E-state index is 11.8. The second-order valence-electron chi connectivity index (χ2n) is 2.65. The molecule has 1 nitrogen and oxygen atoms in total. The lowest BCUT2D eigenvalue weighted by Crippen LogP contribution is -2.23. The van der Waals surface area contributed by atoms with E-state index in [0.717, 1.165) is 0 Å². The molecule has 0 aliphatic rings. The van der Waals surface area contributed by atoms with Gasteiger partial charge < -0.3 is 5.32 Å². The highest BCUT2D eigenvalue weighted by Gasteiger charge is 2.30. The zero-order valence-electron chi connectivity index (χ0n) is 6.83. The Bertz CT molecular complexity index is 100. The first-order valence-electron chi connectivity index (χ1n) is 3.71. The van der Waals surface area contributed by atoms with E-state index in [9.17, 15) is 13.2 Å². The van der Waals surface area contributed by atoms with Gasteiger partial charge in [0, 0.05) is 6.42 Å². The third-order valence-corrected chi connectivity index (χ3v) is 1.59. The number of halogens is 3. The molecule has 0 aliphatic heterocycles. The van der Waals surface area contributed by atoms with E-state index in [-0.39, 0.29) is 5.92 Å². The maximum Gasteiger partial charge on any atom is 0.389 e. The Morgan fingerprint density at radius 1 is 1.36 bits per heavy atom. The Kier molecular flexibility index (Phi) is 4.49. The second kappa shape index (κ2) is 4.59. The first kappa shape index (κ1) is 10.8. The summed E-state index contributed by atoms with van der Waals surface area (Å²) in [5, 5.41) is 2.74. The molecule has 0 aromatic rings. The fraction of sp³-hybridized carbons (Fsp3) is 1.00. The zero-order valence-corrected chi connectivity index (χ0v) is 6.83. The third-order valence-electron chi connectivity index (χ3n) is 1.59. The van der Waals surface area contributed by atoms with E-state index >= 15 is 0 Å². The largest absolute Gasteiger partial charge is 0.389 e. The van der Waals surface area contributed by atoms with Gasteiger partial charge in [0.2, 0.25) is 0 Å². The van der Waals surface area contributed by atoms with Crippen molar-refractivity contribution in [3.8, 4) is 0 Å². The highest BCUT2D eigenvalue weighted by atomic mass is 19.4. The number of hydrogen-bond acceptors (Lipinski definition) is 1. The zero-order chi connectivity index (χ0) is 8.91. The Balaban J connectivity index is 3.68. The van der Waals surface area contributed by atoms with Gasteiger partial charge in [0.05, 0.1) is 0 Å². The molecule has 68 valence electrons. The molecule has 0 rings (SSSR count). The summed E-state index contributed by atoms with van der Waals surface area (Å²) in [5.41, 5.74) is 0. The molecule has 0 fully saturated rings. The van der Waals surface area contributed by atoms with Crippen molar-refractivity contribution in [2.45, 2.75) is 25.9 Å². The van der Waals surface area contributed by atoms with Crippen LogP contribution in [0.5, 0.6) is 0 Å². The summed E-state index contributed by atoms with van der Waals surface area (Å²) >= 11 is 0. The summed E-state index contributed by atoms with van der Waals surface area (Å²) in [4.78, 5) is 0. The molecule has 0 saturated heterocycles. The van der Waals surface area contributed by atoms with Gasteiger partial charge in [-0.3, -0.25) is 0 Å². The van der Waals surface area contributed by atoms with Gasteiger partial charge in [0.1, 0.15) is 0 Å². The lowest BCUT2D eigenvalue weighted by molar-refractivity contribution is -0.144. The third kappa shape index (κ3) is 6.16. The molecule has 0 heterocycles. The minimum Gasteiger partial charge on any atom is -0.319 e. The van der Waals surface area contributed by atoms with Crippen LogP contribution in [0.3, 0.4) is 0 Å². The number of hydrogen-bond donors (Lipinski definition) is 1. The summed E-state index contributed by atoms with van der Waals surface area (Å²) in [5.74, 6) is -0.278. The van der Waals surface area contributed by atoms with Gasteiger partial charge in [-0.2, -0.15) is 13.2 Å². The van der Waals surface area contributed by atoms with Crippen LogP contribution in [-0.4, -0.2) is 19.8 Å². The average molecular weight is 169 g/mol. The van der Waals surface area contributed by atoms with E-state index in [4.69, 9.17) is 0 Å². The standard InChI is InChI=1S/C7H14F3N/c1-3-6(5-11-2)4-7(8,9)10/h6,11H,3-5H2,1-2H3/t6-/m0/s1. The molecular formula is C7H14F3N. The summed E-state index contributed by atoms with van der Waals surface area (Å²) in [7, 11) is 1.67. The Hall–Kier alpha value is -0.250. The fourth-order valence-corrected chi connectivity index (χ4v) is 0.977. The van der Waals surface area contributed by atoms with Crippen LogP contribution >= 0.6 is 0 Å². The van der Waals surface area contributed by atoms with Crippen LogP contribution in [-0.2, 0) is 0 Å². The van der Waals surface area contributed by atoms with Crippen molar-refractivity contribution in [2.24, 2.45) is 5.92 Å². The topological polar surface area (TPSA) is 12.0 Å². The minimum absolute atomic E-state index is 0.278. The molecule has 0 saturated carbocycles. The molecular weight excluding hydrogens is 155 g/mol. The van der Waals surface area contributed by atoms with Crippen molar-refractivity contribution >= 4 is 0 Å². The van der Waals surface area contributed by atoms with Gasteiger partial charge in [-0.25, -0.2) is 0 Å². The Morgan fingerprint density at radius 3 is 2.18 bits per heavy atom. The molecule has 1 atom stereocenters. The van der Waals surface area contributed by atoms with Gasteiger partial charge >= 0.3 is 6.18 Å². The molecule has 0 aliphatic carbocycles. The van der Waals surface area contributed by atoms with Gasteiger partial charge in [0.15, 0.2) is 0 Å². The minimum atomic E-state index is -4.02. The van der Waals surface area contributed by atoms with Crippen molar-refractivity contribution in [1.29, 1.82) is 0 Å². The molecule has 0 amide bonds. The summed E-state index contributed by atoms with van der Waals surface area (Å²) in [6.45, 7) is 2.21. The van der Waals surface area contributed by atoms with Crippen molar-refractivity contribution in [3.63, 3.8) is 0 Å². The van der Waals surface area contributed by atoms with E-state index in [1.54, 1.807) is 14.0 Å². The molecule has 11 heavy (non-hydrogen) atoms. The van der Waals surface area contributed by atoms with Crippen LogP contribution < -0.4 is 5.32 Å². The van der Waals surface area contributed by atoms with Gasteiger partial charge in [0.25, 0.3) is 0 Å². The van der Waals surface area contributed by atoms with Crippen molar-refractivity contribution in [2.75, 3.05) is 13.6 Å². The van der Waals surface area contributed by atoms with Crippen LogP contribution in [0.15, 0.2) is 0 Å². The monoisotopic (exact) mass is 169 g/mol. The van der Waals surface area contributed by atoms with Crippen molar-refractivity contribution in [3.05, 3.63) is 0 Å². The molecule has 0 unspecified atom stereocenters. The molecule has 1 N–H and O–H groups in total. The van der Waals surface area contributed by atoms with Crippen molar-refractivity contribution < 1.29 is 13.2 Å². The van der Waals surface area contributed by atoms with Crippen LogP contribution in [0.25, 0.3) is 0 Å². The lowest BCUT2D eigenvalue weighted by atomic mass is 10.0. The SMILES string of the molecule is CC[C@H](CNC)CC(F)(F)F. The molecule has 0 spiro atoms. The molecule has 0 bridgehead atoms. The molecule has 0 aromatic heterocycles. The van der Waals surface area contributed by atoms with Crippen LogP contribution in [0.4, 0.5) is 13.2 Å². The van der Waals surface area contributed by atoms with Crippen molar-refractivity contribution in [1.82, 2.24) is 5.32 Å². The average Bonchev–Trinajstić information content (AvgIpc) is 1.84. The molecule has 4 heteroatoms. The van der Waals surface area contributed by atoms with Gasteiger partial charge in [-0.05, 0) is 19.5 Å². The fourth-order valence-electron chi connectivity index (χ4n) is 0.977. The highest BCUT2D eigenvalue weighted by Crippen LogP contribution is 2.25. The van der Waals surface area contributed by atoms with E-state index in [1.165, 1.54) is 0 Å². The summed E-state index contributed by atoms with van der Waals surface area (Å²) < 4.78 is 35.4. The molecule has 0 radical (unpaired) electrons. The summed E-state index contributed by atoms with van der Waals surface area (Å²) in [6, 6.07) is 0. The van der Waals surface area contributed by atoms with Crippen LogP contribution in [0.2, 0.25) is 0 Å². The normalized spacial score (nSPS) is 15.0.